The van der Waals surface area contributed by atoms with Crippen LogP contribution in [0.15, 0.2) is 65.6 Å². The van der Waals surface area contributed by atoms with Crippen molar-refractivity contribution in [2.75, 3.05) is 10.8 Å². The largest absolute Gasteiger partial charge is 0.352 e. The third-order valence-electron chi connectivity index (χ3n) is 7.89. The average Bonchev–Trinajstić information content (AvgIpc) is 2.95. The number of sulfonamides is 1. The molecule has 3 aromatic rings. The fourth-order valence-corrected chi connectivity index (χ4v) is 7.38. The molecule has 43 heavy (non-hydrogen) atoms. The standard InChI is InChI=1S/C33H39Cl2N3O4S/c1-22-13-15-28(16-14-22)43(41,42)38(27-18-23(2)17-24(3)19-27)21-32(39)37(20-29-30(34)11-8-12-31(29)35)25(4)33(40)36-26-9-6-5-7-10-26/h8,11-19,25-26H,5-7,9-10,20-21H2,1-4H3,(H,36,40). The summed E-state index contributed by atoms with van der Waals surface area (Å²) in [5.41, 5.74) is 3.46. The quantitative estimate of drug-likeness (QED) is 0.258. The molecule has 10 heteroatoms. The summed E-state index contributed by atoms with van der Waals surface area (Å²) in [7, 11) is -4.16. The topological polar surface area (TPSA) is 86.8 Å². The number of amides is 2. The van der Waals surface area contributed by atoms with Crippen molar-refractivity contribution in [3.8, 4) is 0 Å². The van der Waals surface area contributed by atoms with Gasteiger partial charge in [-0.25, -0.2) is 8.42 Å². The monoisotopic (exact) mass is 643 g/mol. The fourth-order valence-electron chi connectivity index (χ4n) is 5.47. The second kappa shape index (κ2) is 14.1. The van der Waals surface area contributed by atoms with E-state index in [9.17, 15) is 18.0 Å². The molecule has 0 radical (unpaired) electrons. The van der Waals surface area contributed by atoms with E-state index in [1.807, 2.05) is 26.8 Å². The summed E-state index contributed by atoms with van der Waals surface area (Å²) in [6, 6.07) is 16.1. The molecule has 0 aromatic heterocycles. The van der Waals surface area contributed by atoms with Crippen LogP contribution in [0.5, 0.6) is 0 Å². The molecule has 0 bridgehead atoms. The van der Waals surface area contributed by atoms with Crippen LogP contribution in [0.3, 0.4) is 0 Å². The van der Waals surface area contributed by atoms with E-state index < -0.39 is 28.5 Å². The second-order valence-electron chi connectivity index (χ2n) is 11.4. The van der Waals surface area contributed by atoms with E-state index in [-0.39, 0.29) is 23.4 Å². The Hall–Kier alpha value is -3.07. The molecule has 230 valence electrons. The molecule has 1 fully saturated rings. The molecule has 7 nitrogen and oxygen atoms in total. The van der Waals surface area contributed by atoms with Gasteiger partial charge in [-0.15, -0.1) is 0 Å². The summed E-state index contributed by atoms with van der Waals surface area (Å²) in [4.78, 5) is 29.2. The fraction of sp³-hybridized carbons (Fsp3) is 0.394. The number of hydrogen-bond donors (Lipinski definition) is 1. The van der Waals surface area contributed by atoms with Crippen LogP contribution in [0.1, 0.15) is 61.3 Å². The van der Waals surface area contributed by atoms with Crippen LogP contribution >= 0.6 is 23.2 Å². The van der Waals surface area contributed by atoms with Crippen LogP contribution in [0, 0.1) is 20.8 Å². The van der Waals surface area contributed by atoms with Gasteiger partial charge in [-0.2, -0.15) is 0 Å². The maximum atomic E-state index is 14.2. The van der Waals surface area contributed by atoms with E-state index in [0.29, 0.717) is 21.3 Å². The lowest BCUT2D eigenvalue weighted by molar-refractivity contribution is -0.139. The molecule has 0 saturated heterocycles. The Morgan fingerprint density at radius 2 is 1.47 bits per heavy atom. The number of benzene rings is 3. The van der Waals surface area contributed by atoms with E-state index in [0.717, 1.165) is 53.1 Å². The predicted octanol–water partition coefficient (Wildman–Crippen LogP) is 6.98. The van der Waals surface area contributed by atoms with E-state index in [1.54, 1.807) is 49.4 Å². The third-order valence-corrected chi connectivity index (χ3v) is 10.4. The van der Waals surface area contributed by atoms with Crippen molar-refractivity contribution in [3.63, 3.8) is 0 Å². The number of carbonyl (C=O) groups excluding carboxylic acids is 2. The highest BCUT2D eigenvalue weighted by Gasteiger charge is 2.34. The highest BCUT2D eigenvalue weighted by Crippen LogP contribution is 2.29. The van der Waals surface area contributed by atoms with E-state index in [1.165, 1.54) is 17.0 Å². The zero-order valence-electron chi connectivity index (χ0n) is 25.1. The number of aryl methyl sites for hydroxylation is 3. The number of carbonyl (C=O) groups is 2. The van der Waals surface area contributed by atoms with Gasteiger partial charge in [-0.05, 0) is 88.1 Å². The van der Waals surface area contributed by atoms with Gasteiger partial charge in [0.15, 0.2) is 0 Å². The van der Waals surface area contributed by atoms with Gasteiger partial charge in [0.1, 0.15) is 12.6 Å². The first-order chi connectivity index (χ1) is 20.4. The van der Waals surface area contributed by atoms with Crippen molar-refractivity contribution in [2.45, 2.75) is 83.3 Å². The van der Waals surface area contributed by atoms with E-state index in [4.69, 9.17) is 23.2 Å². The smallest absolute Gasteiger partial charge is 0.264 e. The van der Waals surface area contributed by atoms with E-state index in [2.05, 4.69) is 5.32 Å². The first-order valence-corrected chi connectivity index (χ1v) is 16.8. The molecule has 2 amide bonds. The Labute approximate surface area is 265 Å². The van der Waals surface area contributed by atoms with E-state index >= 15 is 0 Å². The summed E-state index contributed by atoms with van der Waals surface area (Å²) < 4.78 is 29.3. The SMILES string of the molecule is Cc1ccc(S(=O)(=O)N(CC(=O)N(Cc2c(Cl)cccc2Cl)C(C)C(=O)NC2CCCCC2)c2cc(C)cc(C)c2)cc1. The number of hydrogen-bond acceptors (Lipinski definition) is 4. The maximum Gasteiger partial charge on any atom is 0.264 e. The number of nitrogens with one attached hydrogen (secondary N) is 1. The lowest BCUT2D eigenvalue weighted by Crippen LogP contribution is -2.53. The van der Waals surface area contributed by atoms with Crippen LogP contribution in [-0.2, 0) is 26.2 Å². The Kier molecular flexibility index (Phi) is 10.8. The van der Waals surface area contributed by atoms with Gasteiger partial charge >= 0.3 is 0 Å². The highest BCUT2D eigenvalue weighted by molar-refractivity contribution is 7.92. The summed E-state index contributed by atoms with van der Waals surface area (Å²) >= 11 is 13.0. The molecule has 0 spiro atoms. The Morgan fingerprint density at radius 3 is 2.05 bits per heavy atom. The molecule has 1 aliphatic rings. The Morgan fingerprint density at radius 1 is 0.884 bits per heavy atom. The van der Waals surface area contributed by atoms with Gasteiger partial charge in [0, 0.05) is 28.2 Å². The minimum absolute atomic E-state index is 0.0400. The summed E-state index contributed by atoms with van der Waals surface area (Å²) in [6.45, 7) is 6.68. The van der Waals surface area contributed by atoms with Crippen molar-refractivity contribution < 1.29 is 18.0 Å². The minimum atomic E-state index is -4.16. The zero-order valence-corrected chi connectivity index (χ0v) is 27.4. The molecule has 1 atom stereocenters. The van der Waals surface area contributed by atoms with Gasteiger partial charge < -0.3 is 10.2 Å². The summed E-state index contributed by atoms with van der Waals surface area (Å²) in [6.07, 6.45) is 5.00. The van der Waals surface area contributed by atoms with Gasteiger partial charge in [0.25, 0.3) is 10.0 Å². The molecule has 1 saturated carbocycles. The van der Waals surface area contributed by atoms with Gasteiger partial charge in [-0.1, -0.05) is 72.3 Å². The Balaban J connectivity index is 1.73. The molecule has 0 heterocycles. The summed E-state index contributed by atoms with van der Waals surface area (Å²) in [5, 5.41) is 3.80. The third kappa shape index (κ3) is 8.11. The van der Waals surface area contributed by atoms with Gasteiger partial charge in [0.2, 0.25) is 11.8 Å². The lowest BCUT2D eigenvalue weighted by Gasteiger charge is -2.33. The normalized spacial score (nSPS) is 14.7. The Bertz CT molecular complexity index is 1530. The molecule has 1 aliphatic carbocycles. The van der Waals surface area contributed by atoms with Crippen LogP contribution in [0.2, 0.25) is 10.0 Å². The first kappa shape index (κ1) is 32.8. The second-order valence-corrected chi connectivity index (χ2v) is 14.1. The number of halogens is 2. The maximum absolute atomic E-state index is 14.2. The van der Waals surface area contributed by atoms with Crippen molar-refractivity contribution in [1.29, 1.82) is 0 Å². The van der Waals surface area contributed by atoms with Crippen LogP contribution in [-0.4, -0.2) is 43.8 Å². The van der Waals surface area contributed by atoms with Crippen LogP contribution in [0.4, 0.5) is 5.69 Å². The summed E-state index contributed by atoms with van der Waals surface area (Å²) in [5.74, 6) is -0.861. The molecule has 1 unspecified atom stereocenters. The highest BCUT2D eigenvalue weighted by atomic mass is 35.5. The number of nitrogens with zero attached hydrogens (tertiary/aromatic N) is 2. The first-order valence-electron chi connectivity index (χ1n) is 14.6. The minimum Gasteiger partial charge on any atom is -0.352 e. The van der Waals surface area contributed by atoms with Crippen molar-refractivity contribution in [2.24, 2.45) is 0 Å². The van der Waals surface area contributed by atoms with Crippen LogP contribution < -0.4 is 9.62 Å². The molecule has 0 aliphatic heterocycles. The molecule has 4 rings (SSSR count). The average molecular weight is 645 g/mol. The van der Waals surface area contributed by atoms with Crippen molar-refractivity contribution in [3.05, 3.63) is 93.0 Å². The van der Waals surface area contributed by atoms with Crippen molar-refractivity contribution >= 4 is 50.7 Å². The predicted molar refractivity (Wildman–Crippen MR) is 173 cm³/mol. The van der Waals surface area contributed by atoms with Gasteiger partial charge in [-0.3, -0.25) is 13.9 Å². The zero-order chi connectivity index (χ0) is 31.3. The number of rotatable bonds is 10. The lowest BCUT2D eigenvalue weighted by atomic mass is 9.95. The molecule has 1 N–H and O–H groups in total. The van der Waals surface area contributed by atoms with Crippen LogP contribution in [0.25, 0.3) is 0 Å². The molecular formula is C33H39Cl2N3O4S. The number of anilines is 1. The van der Waals surface area contributed by atoms with Crippen molar-refractivity contribution in [1.82, 2.24) is 10.2 Å². The molecule has 3 aromatic carbocycles. The molecular weight excluding hydrogens is 605 g/mol. The van der Waals surface area contributed by atoms with Gasteiger partial charge in [0.05, 0.1) is 10.6 Å².